The highest BCUT2D eigenvalue weighted by atomic mass is 14.2. The summed E-state index contributed by atoms with van der Waals surface area (Å²) in [7, 11) is 0. The van der Waals surface area contributed by atoms with Gasteiger partial charge in [-0.15, -0.1) is 0 Å². The van der Waals surface area contributed by atoms with Crippen molar-refractivity contribution >= 4 is 32.3 Å². The zero-order valence-corrected chi connectivity index (χ0v) is 17.8. The van der Waals surface area contributed by atoms with Crippen molar-refractivity contribution in [3.63, 3.8) is 0 Å². The first-order chi connectivity index (χ1) is 15.9. The van der Waals surface area contributed by atoms with Gasteiger partial charge in [-0.25, -0.2) is 0 Å². The van der Waals surface area contributed by atoms with Gasteiger partial charge >= 0.3 is 0 Å². The van der Waals surface area contributed by atoms with E-state index in [0.717, 1.165) is 12.8 Å². The Bertz CT molecular complexity index is 1630. The van der Waals surface area contributed by atoms with E-state index in [1.165, 1.54) is 65.7 Å². The van der Waals surface area contributed by atoms with Crippen LogP contribution in [0, 0.1) is 0 Å². The van der Waals surface area contributed by atoms with Crippen molar-refractivity contribution < 1.29 is 0 Å². The maximum absolute atomic E-state index is 2.42. The topological polar surface area (TPSA) is 0 Å². The summed E-state index contributed by atoms with van der Waals surface area (Å²) in [5, 5.41) is 8.05. The summed E-state index contributed by atoms with van der Waals surface area (Å²) in [5.41, 5.74) is 8.59. The van der Waals surface area contributed by atoms with E-state index in [-0.39, 0.29) is 0 Å². The molecule has 0 saturated heterocycles. The summed E-state index contributed by atoms with van der Waals surface area (Å²) in [4.78, 5) is 0. The summed E-state index contributed by atoms with van der Waals surface area (Å²) >= 11 is 0. The molecule has 1 aliphatic rings. The van der Waals surface area contributed by atoms with Crippen LogP contribution < -0.4 is 0 Å². The molecule has 0 spiro atoms. The summed E-state index contributed by atoms with van der Waals surface area (Å²) in [5.74, 6) is 0. The molecule has 32 heavy (non-hydrogen) atoms. The second kappa shape index (κ2) is 6.80. The van der Waals surface area contributed by atoms with E-state index in [1.807, 2.05) is 0 Å². The molecule has 0 heteroatoms. The van der Waals surface area contributed by atoms with Gasteiger partial charge in [-0.3, -0.25) is 0 Å². The van der Waals surface area contributed by atoms with Gasteiger partial charge in [0.05, 0.1) is 0 Å². The number of hydrogen-bond acceptors (Lipinski definition) is 0. The van der Waals surface area contributed by atoms with Gasteiger partial charge in [-0.05, 0) is 78.5 Å². The summed E-state index contributed by atoms with van der Waals surface area (Å²) < 4.78 is 0. The van der Waals surface area contributed by atoms with Gasteiger partial charge in [0.25, 0.3) is 0 Å². The maximum Gasteiger partial charge on any atom is -0.00106 e. The Kier molecular flexibility index (Phi) is 3.77. The van der Waals surface area contributed by atoms with Crippen LogP contribution in [-0.2, 0) is 12.8 Å². The highest BCUT2D eigenvalue weighted by Gasteiger charge is 2.20. The molecule has 0 aliphatic heterocycles. The lowest BCUT2D eigenvalue weighted by Crippen LogP contribution is -1.95. The molecule has 6 aromatic carbocycles. The minimum absolute atomic E-state index is 0.967. The second-order valence-corrected chi connectivity index (χ2v) is 8.93. The van der Waals surface area contributed by atoms with Gasteiger partial charge < -0.3 is 0 Å². The molecule has 0 radical (unpaired) electrons. The average Bonchev–Trinajstić information content (AvgIpc) is 3.24. The molecule has 0 aromatic heterocycles. The van der Waals surface area contributed by atoms with Gasteiger partial charge in [-0.1, -0.05) is 109 Å². The average molecular weight is 407 g/mol. The van der Waals surface area contributed by atoms with Crippen LogP contribution in [0.2, 0.25) is 0 Å². The van der Waals surface area contributed by atoms with Crippen LogP contribution in [0.3, 0.4) is 0 Å². The first kappa shape index (κ1) is 17.7. The Balaban J connectivity index is 1.40. The van der Waals surface area contributed by atoms with Gasteiger partial charge in [0.15, 0.2) is 0 Å². The Morgan fingerprint density at radius 2 is 1.06 bits per heavy atom. The van der Waals surface area contributed by atoms with Crippen molar-refractivity contribution in [1.29, 1.82) is 0 Å². The molecular formula is C32H22. The van der Waals surface area contributed by atoms with Gasteiger partial charge in [0, 0.05) is 0 Å². The molecule has 0 nitrogen and oxygen atoms in total. The maximum atomic E-state index is 2.42. The molecule has 0 fully saturated rings. The third kappa shape index (κ3) is 2.56. The highest BCUT2D eigenvalue weighted by Crippen LogP contribution is 2.39. The fraction of sp³-hybridized carbons (Fsp3) is 0.0625. The molecule has 150 valence electrons. The van der Waals surface area contributed by atoms with E-state index in [9.17, 15) is 0 Å². The van der Waals surface area contributed by atoms with Gasteiger partial charge in [0.2, 0.25) is 0 Å². The van der Waals surface area contributed by atoms with Crippen molar-refractivity contribution in [3.8, 4) is 11.1 Å². The lowest BCUT2D eigenvalue weighted by Gasteiger charge is -2.13. The lowest BCUT2D eigenvalue weighted by atomic mass is 9.91. The summed E-state index contributed by atoms with van der Waals surface area (Å²) in [6.07, 6.45) is 2.01. The second-order valence-electron chi connectivity index (χ2n) is 8.93. The molecule has 0 bridgehead atoms. The van der Waals surface area contributed by atoms with Crippen molar-refractivity contribution in [1.82, 2.24) is 0 Å². The smallest absolute Gasteiger partial charge is 0.00106 e. The van der Waals surface area contributed by atoms with E-state index in [1.54, 1.807) is 0 Å². The van der Waals surface area contributed by atoms with Crippen LogP contribution in [0.5, 0.6) is 0 Å². The van der Waals surface area contributed by atoms with Crippen LogP contribution in [0.25, 0.3) is 43.4 Å². The number of benzene rings is 6. The SMILES string of the molecule is c1ccc2c(c1)Cc1c(Cc3ccc4c5ccccc5c5ccccc5c4c3)cccc1-2. The molecule has 0 heterocycles. The Morgan fingerprint density at radius 1 is 0.469 bits per heavy atom. The first-order valence-electron chi connectivity index (χ1n) is 11.4. The molecule has 0 atom stereocenters. The van der Waals surface area contributed by atoms with Crippen molar-refractivity contribution in [2.24, 2.45) is 0 Å². The van der Waals surface area contributed by atoms with Crippen molar-refractivity contribution in [3.05, 3.63) is 131 Å². The third-order valence-corrected chi connectivity index (χ3v) is 7.15. The van der Waals surface area contributed by atoms with Gasteiger partial charge in [0.1, 0.15) is 0 Å². The number of fused-ring (bicyclic) bond motifs is 9. The van der Waals surface area contributed by atoms with Crippen LogP contribution in [-0.4, -0.2) is 0 Å². The van der Waals surface area contributed by atoms with Gasteiger partial charge in [-0.2, -0.15) is 0 Å². The summed E-state index contributed by atoms with van der Waals surface area (Å²) in [6, 6.07) is 40.4. The molecule has 1 aliphatic carbocycles. The molecular weight excluding hydrogens is 384 g/mol. The first-order valence-corrected chi connectivity index (χ1v) is 11.4. The Hall–Kier alpha value is -3.90. The number of rotatable bonds is 2. The summed E-state index contributed by atoms with van der Waals surface area (Å²) in [6.45, 7) is 0. The van der Waals surface area contributed by atoms with Crippen LogP contribution in [0.4, 0.5) is 0 Å². The minimum atomic E-state index is 0.967. The molecule has 7 rings (SSSR count). The van der Waals surface area contributed by atoms with Crippen LogP contribution >= 0.6 is 0 Å². The fourth-order valence-electron chi connectivity index (χ4n) is 5.67. The fourth-order valence-corrected chi connectivity index (χ4v) is 5.67. The highest BCUT2D eigenvalue weighted by molar-refractivity contribution is 6.25. The molecule has 0 N–H and O–H groups in total. The molecule has 0 saturated carbocycles. The van der Waals surface area contributed by atoms with E-state index in [0.29, 0.717) is 0 Å². The minimum Gasteiger partial charge on any atom is -0.0619 e. The zero-order chi connectivity index (χ0) is 21.1. The lowest BCUT2D eigenvalue weighted by molar-refractivity contribution is 1.13. The zero-order valence-electron chi connectivity index (χ0n) is 17.8. The largest absolute Gasteiger partial charge is 0.0619 e. The van der Waals surface area contributed by atoms with E-state index in [2.05, 4.69) is 109 Å². The molecule has 0 unspecified atom stereocenters. The standard InChI is InChI=1S/C32H22/c1-2-10-24-23(8-1)20-31-22(9-7-15-25(24)31)18-21-16-17-30-28-13-4-3-11-26(28)27-12-5-6-14-29(27)32(30)19-21/h1-17,19H,18,20H2. The Labute approximate surface area is 187 Å². The predicted octanol–water partition coefficient (Wildman–Crippen LogP) is 8.31. The normalized spacial score (nSPS) is 12.4. The predicted molar refractivity (Wildman–Crippen MR) is 136 cm³/mol. The van der Waals surface area contributed by atoms with E-state index >= 15 is 0 Å². The number of hydrogen-bond donors (Lipinski definition) is 0. The Morgan fingerprint density at radius 3 is 1.81 bits per heavy atom. The molecule has 0 amide bonds. The van der Waals surface area contributed by atoms with E-state index < -0.39 is 0 Å². The van der Waals surface area contributed by atoms with Crippen LogP contribution in [0.1, 0.15) is 22.3 Å². The van der Waals surface area contributed by atoms with Crippen molar-refractivity contribution in [2.75, 3.05) is 0 Å². The van der Waals surface area contributed by atoms with Crippen LogP contribution in [0.15, 0.2) is 109 Å². The van der Waals surface area contributed by atoms with E-state index in [4.69, 9.17) is 0 Å². The third-order valence-electron chi connectivity index (χ3n) is 7.15. The monoisotopic (exact) mass is 406 g/mol. The molecule has 6 aromatic rings. The van der Waals surface area contributed by atoms with Crippen molar-refractivity contribution in [2.45, 2.75) is 12.8 Å². The quantitative estimate of drug-likeness (QED) is 0.253.